The lowest BCUT2D eigenvalue weighted by atomic mass is 10.1. The van der Waals surface area contributed by atoms with Crippen LogP contribution in [0.2, 0.25) is 0 Å². The molecule has 0 aromatic heterocycles. The van der Waals surface area contributed by atoms with Crippen LogP contribution in [0.1, 0.15) is 31.2 Å². The van der Waals surface area contributed by atoms with Gasteiger partial charge in [-0.25, -0.2) is 13.1 Å². The van der Waals surface area contributed by atoms with E-state index >= 15 is 0 Å². The monoisotopic (exact) mass is 328 g/mol. The van der Waals surface area contributed by atoms with Crippen molar-refractivity contribution in [1.29, 1.82) is 0 Å². The molecule has 0 heterocycles. The van der Waals surface area contributed by atoms with Crippen LogP contribution in [0.15, 0.2) is 29.2 Å². The fraction of sp³-hybridized carbons (Fsp3) is 0.600. The van der Waals surface area contributed by atoms with Gasteiger partial charge in [0.2, 0.25) is 10.0 Å². The molecule has 4 nitrogen and oxygen atoms in total. The van der Waals surface area contributed by atoms with Gasteiger partial charge in [-0.05, 0) is 62.6 Å². The van der Waals surface area contributed by atoms with Crippen molar-refractivity contribution < 1.29 is 8.42 Å². The van der Waals surface area contributed by atoms with Crippen molar-refractivity contribution in [2.75, 3.05) is 12.8 Å². The SMILES string of the molecule is CSC1CCC(NS(=O)(=O)c2ccc(CCCN)cc2)C1. The Morgan fingerprint density at radius 3 is 2.57 bits per heavy atom. The highest BCUT2D eigenvalue weighted by Gasteiger charge is 2.28. The van der Waals surface area contributed by atoms with Crippen molar-refractivity contribution >= 4 is 21.8 Å². The molecule has 1 saturated carbocycles. The Morgan fingerprint density at radius 2 is 2.00 bits per heavy atom. The van der Waals surface area contributed by atoms with Crippen molar-refractivity contribution in [3.63, 3.8) is 0 Å². The summed E-state index contributed by atoms with van der Waals surface area (Å²) in [5.41, 5.74) is 6.61. The van der Waals surface area contributed by atoms with Crippen LogP contribution in [0, 0.1) is 0 Å². The number of hydrogen-bond acceptors (Lipinski definition) is 4. The van der Waals surface area contributed by atoms with Gasteiger partial charge >= 0.3 is 0 Å². The third kappa shape index (κ3) is 4.71. The van der Waals surface area contributed by atoms with E-state index in [-0.39, 0.29) is 6.04 Å². The summed E-state index contributed by atoms with van der Waals surface area (Å²) in [6.07, 6.45) is 6.84. The van der Waals surface area contributed by atoms with E-state index in [9.17, 15) is 8.42 Å². The molecule has 1 fully saturated rings. The highest BCUT2D eigenvalue weighted by molar-refractivity contribution is 7.99. The topological polar surface area (TPSA) is 72.2 Å². The quantitative estimate of drug-likeness (QED) is 0.804. The summed E-state index contributed by atoms with van der Waals surface area (Å²) in [6, 6.07) is 7.21. The van der Waals surface area contributed by atoms with E-state index in [1.807, 2.05) is 23.9 Å². The normalized spacial score (nSPS) is 22.6. The van der Waals surface area contributed by atoms with Crippen LogP contribution in [0.5, 0.6) is 0 Å². The standard InChI is InChI=1S/C15H24N2O2S2/c1-20-14-7-6-13(11-14)17-21(18,19)15-8-4-12(5-9-15)3-2-10-16/h4-5,8-9,13-14,17H,2-3,6-7,10-11,16H2,1H3. The zero-order valence-electron chi connectivity index (χ0n) is 12.4. The van der Waals surface area contributed by atoms with Crippen molar-refractivity contribution in [1.82, 2.24) is 4.72 Å². The number of benzene rings is 1. The zero-order chi connectivity index (χ0) is 15.3. The average Bonchev–Trinajstić information content (AvgIpc) is 2.92. The van der Waals surface area contributed by atoms with E-state index < -0.39 is 10.0 Å². The van der Waals surface area contributed by atoms with E-state index in [0.717, 1.165) is 37.7 Å². The average molecular weight is 329 g/mol. The molecule has 0 amide bonds. The summed E-state index contributed by atoms with van der Waals surface area (Å²) < 4.78 is 27.6. The van der Waals surface area contributed by atoms with Gasteiger partial charge in [0.1, 0.15) is 0 Å². The van der Waals surface area contributed by atoms with E-state index in [4.69, 9.17) is 5.73 Å². The second-order valence-electron chi connectivity index (χ2n) is 5.53. The molecule has 1 aromatic carbocycles. The molecule has 1 aromatic rings. The lowest BCUT2D eigenvalue weighted by Gasteiger charge is -2.13. The lowest BCUT2D eigenvalue weighted by Crippen LogP contribution is -2.33. The molecule has 6 heteroatoms. The van der Waals surface area contributed by atoms with Crippen LogP contribution < -0.4 is 10.5 Å². The Morgan fingerprint density at radius 1 is 1.29 bits per heavy atom. The van der Waals surface area contributed by atoms with Crippen molar-refractivity contribution in [3.05, 3.63) is 29.8 Å². The molecule has 2 rings (SSSR count). The summed E-state index contributed by atoms with van der Waals surface area (Å²) in [6.45, 7) is 0.653. The van der Waals surface area contributed by atoms with Gasteiger partial charge in [0.25, 0.3) is 0 Å². The van der Waals surface area contributed by atoms with Crippen molar-refractivity contribution in [2.45, 2.75) is 48.3 Å². The number of sulfonamides is 1. The molecule has 0 spiro atoms. The van der Waals surface area contributed by atoms with Gasteiger partial charge in [-0.2, -0.15) is 11.8 Å². The summed E-state index contributed by atoms with van der Waals surface area (Å²) in [5.74, 6) is 0. The highest BCUT2D eigenvalue weighted by Crippen LogP contribution is 2.29. The Bertz CT molecular complexity index is 543. The number of nitrogens with two attached hydrogens (primary N) is 1. The molecular formula is C15H24N2O2S2. The number of nitrogens with one attached hydrogen (secondary N) is 1. The van der Waals surface area contributed by atoms with E-state index in [2.05, 4.69) is 11.0 Å². The highest BCUT2D eigenvalue weighted by atomic mass is 32.2. The maximum Gasteiger partial charge on any atom is 0.240 e. The molecule has 0 aliphatic heterocycles. The molecule has 3 N–H and O–H groups in total. The molecule has 0 bridgehead atoms. The number of hydrogen-bond donors (Lipinski definition) is 2. The van der Waals surface area contributed by atoms with Crippen LogP contribution in [-0.2, 0) is 16.4 Å². The molecule has 1 aliphatic carbocycles. The van der Waals surface area contributed by atoms with Gasteiger partial charge < -0.3 is 5.73 Å². The first kappa shape index (κ1) is 16.8. The Hall–Kier alpha value is -0.560. The van der Waals surface area contributed by atoms with Gasteiger partial charge in [-0.1, -0.05) is 12.1 Å². The fourth-order valence-corrected chi connectivity index (χ4v) is 4.77. The summed E-state index contributed by atoms with van der Waals surface area (Å²) in [7, 11) is -3.40. The first-order chi connectivity index (χ1) is 10.0. The largest absolute Gasteiger partial charge is 0.330 e. The van der Waals surface area contributed by atoms with Gasteiger partial charge in [-0.3, -0.25) is 0 Å². The predicted molar refractivity (Wildman–Crippen MR) is 89.1 cm³/mol. The molecule has 2 atom stereocenters. The zero-order valence-corrected chi connectivity index (χ0v) is 14.1. The number of thioether (sulfide) groups is 1. The maximum absolute atomic E-state index is 12.4. The summed E-state index contributed by atoms with van der Waals surface area (Å²) >= 11 is 1.82. The molecule has 1 aliphatic rings. The molecule has 21 heavy (non-hydrogen) atoms. The Kier molecular flexibility index (Phi) is 6.10. The van der Waals surface area contributed by atoms with Gasteiger partial charge in [0.15, 0.2) is 0 Å². The molecule has 0 saturated heterocycles. The second-order valence-corrected chi connectivity index (χ2v) is 8.38. The maximum atomic E-state index is 12.4. The minimum Gasteiger partial charge on any atom is -0.330 e. The van der Waals surface area contributed by atoms with Gasteiger partial charge in [-0.15, -0.1) is 0 Å². The molecule has 2 unspecified atom stereocenters. The third-order valence-corrected chi connectivity index (χ3v) is 6.57. The predicted octanol–water partition coefficient (Wildman–Crippen LogP) is 2.14. The summed E-state index contributed by atoms with van der Waals surface area (Å²) in [5, 5.41) is 0.580. The Labute approximate surface area is 131 Å². The van der Waals surface area contributed by atoms with Crippen LogP contribution in [0.25, 0.3) is 0 Å². The van der Waals surface area contributed by atoms with Crippen molar-refractivity contribution in [3.8, 4) is 0 Å². The van der Waals surface area contributed by atoms with Crippen molar-refractivity contribution in [2.24, 2.45) is 5.73 Å². The summed E-state index contributed by atoms with van der Waals surface area (Å²) in [4.78, 5) is 0.353. The number of aryl methyl sites for hydroxylation is 1. The van der Waals surface area contributed by atoms with E-state index in [1.165, 1.54) is 0 Å². The van der Waals surface area contributed by atoms with E-state index in [1.54, 1.807) is 12.1 Å². The van der Waals surface area contributed by atoms with Crippen LogP contribution >= 0.6 is 11.8 Å². The second kappa shape index (κ2) is 7.63. The van der Waals surface area contributed by atoms with Gasteiger partial charge in [0, 0.05) is 11.3 Å². The number of rotatable bonds is 7. The minimum atomic E-state index is -3.40. The Balaban J connectivity index is 1.99. The van der Waals surface area contributed by atoms with Gasteiger partial charge in [0.05, 0.1) is 4.90 Å². The van der Waals surface area contributed by atoms with E-state index in [0.29, 0.717) is 16.7 Å². The molecule has 0 radical (unpaired) electrons. The molecule has 118 valence electrons. The first-order valence-electron chi connectivity index (χ1n) is 7.39. The van der Waals surface area contributed by atoms with Crippen LogP contribution in [0.4, 0.5) is 0 Å². The fourth-order valence-electron chi connectivity index (χ4n) is 2.69. The smallest absolute Gasteiger partial charge is 0.240 e. The van der Waals surface area contributed by atoms with Crippen LogP contribution in [0.3, 0.4) is 0 Å². The molecular weight excluding hydrogens is 304 g/mol. The minimum absolute atomic E-state index is 0.0735. The lowest BCUT2D eigenvalue weighted by molar-refractivity contribution is 0.552. The third-order valence-electron chi connectivity index (χ3n) is 3.94. The van der Waals surface area contributed by atoms with Crippen LogP contribution in [-0.4, -0.2) is 32.5 Å². The first-order valence-corrected chi connectivity index (χ1v) is 10.2.